The molecule has 2 rings (SSSR count). The molecule has 0 fully saturated rings. The van der Waals surface area contributed by atoms with Gasteiger partial charge in [-0.05, 0) is 46.1 Å². The number of rotatable bonds is 3. The molecule has 0 amide bonds. The topological polar surface area (TPSA) is 38.9 Å². The lowest BCUT2D eigenvalue weighted by molar-refractivity contribution is 0.735. The third kappa shape index (κ3) is 2.87. The van der Waals surface area contributed by atoms with E-state index in [4.69, 9.17) is 5.73 Å². The van der Waals surface area contributed by atoms with Gasteiger partial charge in [0.2, 0.25) is 0 Å². The second kappa shape index (κ2) is 4.88. The van der Waals surface area contributed by atoms with Crippen LogP contribution in [0.3, 0.4) is 0 Å². The Bertz CT molecular complexity index is 427. The molecule has 2 aromatic heterocycles. The van der Waals surface area contributed by atoms with E-state index in [2.05, 4.69) is 32.4 Å². The van der Waals surface area contributed by atoms with Crippen LogP contribution in [0.4, 0.5) is 0 Å². The van der Waals surface area contributed by atoms with E-state index in [1.165, 1.54) is 10.4 Å². The Balaban J connectivity index is 2.07. The summed E-state index contributed by atoms with van der Waals surface area (Å²) in [6.07, 6.45) is 4.45. The van der Waals surface area contributed by atoms with E-state index in [1.54, 1.807) is 23.7 Å². The highest BCUT2D eigenvalue weighted by Gasteiger charge is 2.09. The van der Waals surface area contributed by atoms with Crippen molar-refractivity contribution < 1.29 is 0 Å². The summed E-state index contributed by atoms with van der Waals surface area (Å²) in [6.45, 7) is 0. The van der Waals surface area contributed by atoms with Crippen LogP contribution in [0.25, 0.3) is 0 Å². The molecule has 0 aliphatic heterocycles. The molecule has 0 spiro atoms. The van der Waals surface area contributed by atoms with Crippen molar-refractivity contribution in [2.24, 2.45) is 5.73 Å². The lowest BCUT2D eigenvalue weighted by atomic mass is 10.1. The van der Waals surface area contributed by atoms with E-state index < -0.39 is 0 Å². The SMILES string of the molecule is NC(Cc1ccncc1)c1cc(Br)cs1. The Hall–Kier alpha value is -0.710. The molecule has 0 aromatic carbocycles. The maximum absolute atomic E-state index is 6.11. The predicted molar refractivity (Wildman–Crippen MR) is 66.9 cm³/mol. The Morgan fingerprint density at radius 2 is 2.13 bits per heavy atom. The Labute approximate surface area is 101 Å². The Morgan fingerprint density at radius 3 is 2.73 bits per heavy atom. The van der Waals surface area contributed by atoms with E-state index in [-0.39, 0.29) is 6.04 Å². The average molecular weight is 283 g/mol. The van der Waals surface area contributed by atoms with Gasteiger partial charge in [0.15, 0.2) is 0 Å². The largest absolute Gasteiger partial charge is 0.323 e. The number of thiophene rings is 1. The number of hydrogen-bond donors (Lipinski definition) is 1. The first kappa shape index (κ1) is 10.8. The van der Waals surface area contributed by atoms with Crippen molar-refractivity contribution in [3.05, 3.63) is 50.9 Å². The fourth-order valence-corrected chi connectivity index (χ4v) is 2.84. The molecule has 0 saturated heterocycles. The van der Waals surface area contributed by atoms with E-state index >= 15 is 0 Å². The third-order valence-electron chi connectivity index (χ3n) is 2.16. The van der Waals surface area contributed by atoms with Gasteiger partial charge in [0.1, 0.15) is 0 Å². The minimum absolute atomic E-state index is 0.0729. The first-order valence-electron chi connectivity index (χ1n) is 4.64. The van der Waals surface area contributed by atoms with Crippen molar-refractivity contribution in [3.63, 3.8) is 0 Å². The number of pyridine rings is 1. The number of hydrogen-bond acceptors (Lipinski definition) is 3. The standard InChI is InChI=1S/C11H11BrN2S/c12-9-6-11(15-7-9)10(13)5-8-1-3-14-4-2-8/h1-4,6-7,10H,5,13H2. The predicted octanol–water partition coefficient (Wildman–Crippen LogP) is 3.15. The molecule has 15 heavy (non-hydrogen) atoms. The van der Waals surface area contributed by atoms with E-state index in [1.807, 2.05) is 12.1 Å². The minimum Gasteiger partial charge on any atom is -0.323 e. The lowest BCUT2D eigenvalue weighted by Gasteiger charge is -2.08. The molecule has 0 bridgehead atoms. The fourth-order valence-electron chi connectivity index (χ4n) is 1.40. The highest BCUT2D eigenvalue weighted by atomic mass is 79.9. The summed E-state index contributed by atoms with van der Waals surface area (Å²) in [7, 11) is 0. The van der Waals surface area contributed by atoms with Gasteiger partial charge in [-0.2, -0.15) is 0 Å². The molecule has 2 nitrogen and oxygen atoms in total. The van der Waals surface area contributed by atoms with Crippen LogP contribution < -0.4 is 5.73 Å². The zero-order valence-electron chi connectivity index (χ0n) is 8.06. The van der Waals surface area contributed by atoms with Gasteiger partial charge in [-0.25, -0.2) is 0 Å². The van der Waals surface area contributed by atoms with Crippen LogP contribution >= 0.6 is 27.3 Å². The van der Waals surface area contributed by atoms with Crippen LogP contribution in [0.15, 0.2) is 40.4 Å². The highest BCUT2D eigenvalue weighted by Crippen LogP contribution is 2.26. The molecule has 0 aliphatic carbocycles. The quantitative estimate of drug-likeness (QED) is 0.939. The van der Waals surface area contributed by atoms with E-state index in [9.17, 15) is 0 Å². The van der Waals surface area contributed by atoms with Crippen LogP contribution in [0, 0.1) is 0 Å². The van der Waals surface area contributed by atoms with E-state index in [0.717, 1.165) is 10.9 Å². The lowest BCUT2D eigenvalue weighted by Crippen LogP contribution is -2.11. The zero-order valence-corrected chi connectivity index (χ0v) is 10.5. The van der Waals surface area contributed by atoms with Gasteiger partial charge in [-0.15, -0.1) is 11.3 Å². The number of nitrogens with two attached hydrogens (primary N) is 1. The second-order valence-electron chi connectivity index (χ2n) is 3.33. The molecule has 78 valence electrons. The van der Waals surface area contributed by atoms with Crippen LogP contribution in [-0.2, 0) is 6.42 Å². The molecule has 0 radical (unpaired) electrons. The normalized spacial score (nSPS) is 12.7. The summed E-state index contributed by atoms with van der Waals surface area (Å²) in [5.41, 5.74) is 7.33. The summed E-state index contributed by atoms with van der Waals surface area (Å²) < 4.78 is 1.10. The van der Waals surface area contributed by atoms with Crippen molar-refractivity contribution in [3.8, 4) is 0 Å². The Morgan fingerprint density at radius 1 is 1.40 bits per heavy atom. The molecule has 1 atom stereocenters. The fraction of sp³-hybridized carbons (Fsp3) is 0.182. The summed E-state index contributed by atoms with van der Waals surface area (Å²) in [5, 5.41) is 2.06. The van der Waals surface area contributed by atoms with Crippen molar-refractivity contribution in [2.75, 3.05) is 0 Å². The van der Waals surface area contributed by atoms with Gasteiger partial charge in [-0.1, -0.05) is 0 Å². The number of nitrogens with zero attached hydrogens (tertiary/aromatic N) is 1. The van der Waals surface area contributed by atoms with Crippen LogP contribution in [-0.4, -0.2) is 4.98 Å². The smallest absolute Gasteiger partial charge is 0.0431 e. The summed E-state index contributed by atoms with van der Waals surface area (Å²) in [5.74, 6) is 0. The molecule has 4 heteroatoms. The van der Waals surface area contributed by atoms with Gasteiger partial charge in [0.05, 0.1) is 0 Å². The van der Waals surface area contributed by atoms with Crippen LogP contribution in [0.1, 0.15) is 16.5 Å². The maximum Gasteiger partial charge on any atom is 0.0431 e. The van der Waals surface area contributed by atoms with Gasteiger partial charge in [-0.3, -0.25) is 4.98 Å². The molecule has 2 N–H and O–H groups in total. The van der Waals surface area contributed by atoms with Crippen molar-refractivity contribution in [2.45, 2.75) is 12.5 Å². The maximum atomic E-state index is 6.11. The van der Waals surface area contributed by atoms with Crippen molar-refractivity contribution in [1.82, 2.24) is 4.98 Å². The molecule has 0 saturated carbocycles. The molecule has 2 aromatic rings. The average Bonchev–Trinajstić information content (AvgIpc) is 2.66. The second-order valence-corrected chi connectivity index (χ2v) is 5.19. The first-order valence-corrected chi connectivity index (χ1v) is 6.31. The summed E-state index contributed by atoms with van der Waals surface area (Å²) >= 11 is 5.12. The number of halogens is 1. The highest BCUT2D eigenvalue weighted by molar-refractivity contribution is 9.10. The van der Waals surface area contributed by atoms with Gasteiger partial charge in [0.25, 0.3) is 0 Å². The molecular formula is C11H11BrN2S. The summed E-state index contributed by atoms with van der Waals surface area (Å²) in [6, 6.07) is 6.16. The van der Waals surface area contributed by atoms with E-state index in [0.29, 0.717) is 0 Å². The van der Waals surface area contributed by atoms with Crippen molar-refractivity contribution in [1.29, 1.82) is 0 Å². The molecule has 1 unspecified atom stereocenters. The third-order valence-corrected chi connectivity index (χ3v) is 3.98. The van der Waals surface area contributed by atoms with Gasteiger partial charge < -0.3 is 5.73 Å². The summed E-state index contributed by atoms with van der Waals surface area (Å²) in [4.78, 5) is 5.19. The minimum atomic E-state index is 0.0729. The Kier molecular flexibility index (Phi) is 3.51. The monoisotopic (exact) mass is 282 g/mol. The van der Waals surface area contributed by atoms with Crippen molar-refractivity contribution >= 4 is 27.3 Å². The molecule has 0 aliphatic rings. The van der Waals surface area contributed by atoms with Gasteiger partial charge >= 0.3 is 0 Å². The van der Waals surface area contributed by atoms with Gasteiger partial charge in [0, 0.05) is 33.2 Å². The van der Waals surface area contributed by atoms with Crippen LogP contribution in [0.5, 0.6) is 0 Å². The number of aromatic nitrogens is 1. The van der Waals surface area contributed by atoms with Crippen LogP contribution in [0.2, 0.25) is 0 Å². The molecular weight excluding hydrogens is 272 g/mol. The molecule has 2 heterocycles. The first-order chi connectivity index (χ1) is 7.25. The zero-order chi connectivity index (χ0) is 10.7.